The van der Waals surface area contributed by atoms with Crippen LogP contribution in [0.5, 0.6) is 11.5 Å². The van der Waals surface area contributed by atoms with E-state index in [1.807, 2.05) is 0 Å². The molecule has 0 spiro atoms. The fourth-order valence-corrected chi connectivity index (χ4v) is 5.18. The number of hydrogen-bond donors (Lipinski definition) is 0. The first-order valence-electron chi connectivity index (χ1n) is 13.0. The molecule has 3 aromatic carbocycles. The Kier molecular flexibility index (Phi) is 8.91. The van der Waals surface area contributed by atoms with Crippen LogP contribution in [0.1, 0.15) is 80.1 Å². The van der Waals surface area contributed by atoms with Gasteiger partial charge in [-0.05, 0) is 72.9 Å². The number of carbonyl (C=O) groups is 1. The Morgan fingerprint density at radius 2 is 1.62 bits per heavy atom. The van der Waals surface area contributed by atoms with Crippen molar-refractivity contribution in [3.05, 3.63) is 83.2 Å². The highest BCUT2D eigenvalue weighted by atomic mass is 19.2. The molecule has 1 fully saturated rings. The Morgan fingerprint density at radius 3 is 2.27 bits per heavy atom. The van der Waals surface area contributed by atoms with Gasteiger partial charge in [-0.15, -0.1) is 0 Å². The van der Waals surface area contributed by atoms with Crippen molar-refractivity contribution in [1.82, 2.24) is 0 Å². The van der Waals surface area contributed by atoms with Crippen molar-refractivity contribution < 1.29 is 27.4 Å². The maximum absolute atomic E-state index is 15.1. The summed E-state index contributed by atoms with van der Waals surface area (Å²) in [7, 11) is 1.41. The quantitative estimate of drug-likeness (QED) is 0.164. The van der Waals surface area contributed by atoms with E-state index in [1.165, 1.54) is 69.2 Å². The first-order chi connectivity index (χ1) is 17.9. The van der Waals surface area contributed by atoms with Gasteiger partial charge < -0.3 is 9.47 Å². The number of ether oxygens (including phenoxy) is 2. The van der Waals surface area contributed by atoms with Crippen LogP contribution in [0.15, 0.2) is 54.6 Å². The molecule has 0 bridgehead atoms. The molecule has 0 aromatic heterocycles. The lowest BCUT2D eigenvalue weighted by Crippen LogP contribution is -2.15. The van der Waals surface area contributed by atoms with Gasteiger partial charge >= 0.3 is 5.97 Å². The van der Waals surface area contributed by atoms with Crippen molar-refractivity contribution >= 4 is 5.97 Å². The molecule has 196 valence electrons. The molecule has 0 unspecified atom stereocenters. The molecule has 0 amide bonds. The van der Waals surface area contributed by atoms with Crippen LogP contribution in [0.3, 0.4) is 0 Å². The van der Waals surface area contributed by atoms with E-state index in [2.05, 4.69) is 6.92 Å². The number of unbranched alkanes of at least 4 members (excludes halogenated alkanes) is 2. The standard InChI is InChI=1S/C31H33F3O3/c1-3-4-5-6-20-7-9-21(10-8-20)25-16-17-26(30(34)29(25)33)22-11-13-23(14-12-22)31(35)37-28-18-15-24(36-2)19-27(28)32/h11-21H,3-10H2,1-2H3. The van der Waals surface area contributed by atoms with Gasteiger partial charge in [-0.3, -0.25) is 0 Å². The van der Waals surface area contributed by atoms with E-state index < -0.39 is 23.4 Å². The maximum atomic E-state index is 15.1. The number of hydrogen-bond acceptors (Lipinski definition) is 3. The minimum atomic E-state index is -0.877. The van der Waals surface area contributed by atoms with Crippen molar-refractivity contribution in [3.8, 4) is 22.6 Å². The van der Waals surface area contributed by atoms with E-state index in [-0.39, 0.29) is 22.8 Å². The molecule has 0 aliphatic heterocycles. The molecule has 1 aliphatic rings. The molecule has 1 saturated carbocycles. The summed E-state index contributed by atoms with van der Waals surface area (Å²) in [6.45, 7) is 2.20. The second-order valence-electron chi connectivity index (χ2n) is 9.81. The number of esters is 1. The van der Waals surface area contributed by atoms with Crippen molar-refractivity contribution in [2.24, 2.45) is 5.92 Å². The summed E-state index contributed by atoms with van der Waals surface area (Å²) in [5, 5.41) is 0. The fourth-order valence-electron chi connectivity index (χ4n) is 5.18. The molecule has 4 rings (SSSR count). The van der Waals surface area contributed by atoms with Crippen molar-refractivity contribution in [2.45, 2.75) is 64.2 Å². The first-order valence-corrected chi connectivity index (χ1v) is 13.0. The summed E-state index contributed by atoms with van der Waals surface area (Å²) in [6, 6.07) is 13.2. The lowest BCUT2D eigenvalue weighted by molar-refractivity contribution is 0.0727. The van der Waals surface area contributed by atoms with Crippen molar-refractivity contribution in [2.75, 3.05) is 7.11 Å². The summed E-state index contributed by atoms with van der Waals surface area (Å²) in [6.07, 6.45) is 8.85. The third-order valence-corrected chi connectivity index (χ3v) is 7.39. The van der Waals surface area contributed by atoms with Crippen LogP contribution in [0.4, 0.5) is 13.2 Å². The van der Waals surface area contributed by atoms with Crippen LogP contribution in [0.2, 0.25) is 0 Å². The van der Waals surface area contributed by atoms with Gasteiger partial charge in [0, 0.05) is 11.6 Å². The lowest BCUT2D eigenvalue weighted by atomic mass is 9.76. The summed E-state index contributed by atoms with van der Waals surface area (Å²) < 4.78 is 54.4. The van der Waals surface area contributed by atoms with Gasteiger partial charge in [0.1, 0.15) is 5.75 Å². The second-order valence-corrected chi connectivity index (χ2v) is 9.81. The predicted octanol–water partition coefficient (Wildman–Crippen LogP) is 8.85. The lowest BCUT2D eigenvalue weighted by Gasteiger charge is -2.29. The van der Waals surface area contributed by atoms with E-state index in [9.17, 15) is 9.18 Å². The van der Waals surface area contributed by atoms with Gasteiger partial charge in [0.2, 0.25) is 0 Å². The van der Waals surface area contributed by atoms with E-state index in [1.54, 1.807) is 12.1 Å². The number of carbonyl (C=O) groups excluding carboxylic acids is 1. The molecule has 0 heterocycles. The number of rotatable bonds is 9. The number of methoxy groups -OCH3 is 1. The average Bonchev–Trinajstić information content (AvgIpc) is 2.92. The fraction of sp³-hybridized carbons (Fsp3) is 0.387. The van der Waals surface area contributed by atoms with E-state index in [0.717, 1.165) is 31.7 Å². The molecule has 3 nitrogen and oxygen atoms in total. The normalized spacial score (nSPS) is 17.4. The van der Waals surface area contributed by atoms with Crippen LogP contribution < -0.4 is 9.47 Å². The van der Waals surface area contributed by atoms with Gasteiger partial charge in [-0.1, -0.05) is 56.9 Å². The molecular formula is C31H33F3O3. The van der Waals surface area contributed by atoms with Crippen molar-refractivity contribution in [1.29, 1.82) is 0 Å². The zero-order valence-electron chi connectivity index (χ0n) is 21.4. The van der Waals surface area contributed by atoms with Gasteiger partial charge in [0.15, 0.2) is 23.2 Å². The average molecular weight is 511 g/mol. The van der Waals surface area contributed by atoms with Crippen LogP contribution in [0.25, 0.3) is 11.1 Å². The topological polar surface area (TPSA) is 35.5 Å². The smallest absolute Gasteiger partial charge is 0.343 e. The van der Waals surface area contributed by atoms with Crippen LogP contribution in [-0.4, -0.2) is 13.1 Å². The maximum Gasteiger partial charge on any atom is 0.343 e. The third-order valence-electron chi connectivity index (χ3n) is 7.39. The van der Waals surface area contributed by atoms with Crippen LogP contribution in [0, 0.1) is 23.4 Å². The molecule has 6 heteroatoms. The Labute approximate surface area is 216 Å². The SMILES string of the molecule is CCCCCC1CCC(c2ccc(-c3ccc(C(=O)Oc4ccc(OC)cc4F)cc3)c(F)c2F)CC1. The Bertz CT molecular complexity index is 1220. The molecule has 0 radical (unpaired) electrons. The van der Waals surface area contributed by atoms with E-state index >= 15 is 8.78 Å². The van der Waals surface area contributed by atoms with Gasteiger partial charge in [-0.25, -0.2) is 18.0 Å². The molecule has 0 N–H and O–H groups in total. The second kappa shape index (κ2) is 12.3. The highest BCUT2D eigenvalue weighted by Gasteiger charge is 2.26. The Hall–Kier alpha value is -3.28. The van der Waals surface area contributed by atoms with Crippen LogP contribution in [-0.2, 0) is 0 Å². The Balaban J connectivity index is 1.42. The molecular weight excluding hydrogens is 477 g/mol. The van der Waals surface area contributed by atoms with E-state index in [4.69, 9.17) is 9.47 Å². The zero-order chi connectivity index (χ0) is 26.4. The first kappa shape index (κ1) is 26.8. The summed E-state index contributed by atoms with van der Waals surface area (Å²) in [4.78, 5) is 12.5. The Morgan fingerprint density at radius 1 is 0.892 bits per heavy atom. The minimum Gasteiger partial charge on any atom is -0.497 e. The van der Waals surface area contributed by atoms with Gasteiger partial charge in [0.25, 0.3) is 0 Å². The minimum absolute atomic E-state index is 0.0430. The van der Waals surface area contributed by atoms with Gasteiger partial charge in [-0.2, -0.15) is 0 Å². The van der Waals surface area contributed by atoms with Crippen LogP contribution >= 0.6 is 0 Å². The van der Waals surface area contributed by atoms with E-state index in [0.29, 0.717) is 22.8 Å². The molecule has 0 saturated heterocycles. The zero-order valence-corrected chi connectivity index (χ0v) is 21.4. The third kappa shape index (κ3) is 6.35. The highest BCUT2D eigenvalue weighted by Crippen LogP contribution is 2.40. The summed E-state index contributed by atoms with van der Waals surface area (Å²) in [5.41, 5.74) is 1.19. The van der Waals surface area contributed by atoms with Gasteiger partial charge in [0.05, 0.1) is 12.7 Å². The van der Waals surface area contributed by atoms with Crippen molar-refractivity contribution in [3.63, 3.8) is 0 Å². The molecule has 3 aromatic rings. The molecule has 0 atom stereocenters. The largest absolute Gasteiger partial charge is 0.497 e. The monoisotopic (exact) mass is 510 g/mol. The summed E-state index contributed by atoms with van der Waals surface area (Å²) in [5.74, 6) is -2.34. The molecule has 37 heavy (non-hydrogen) atoms. The predicted molar refractivity (Wildman–Crippen MR) is 139 cm³/mol. The summed E-state index contributed by atoms with van der Waals surface area (Å²) >= 11 is 0. The highest BCUT2D eigenvalue weighted by molar-refractivity contribution is 5.91. The number of benzene rings is 3. The number of halogens is 3. The molecule has 1 aliphatic carbocycles.